The van der Waals surface area contributed by atoms with Gasteiger partial charge in [0.05, 0.1) is 0 Å². The van der Waals surface area contributed by atoms with Crippen LogP contribution in [-0.4, -0.2) is 17.5 Å². The van der Waals surface area contributed by atoms with E-state index in [2.05, 4.69) is 121 Å². The largest absolute Gasteiger partial charge is 0.489 e. The Morgan fingerprint density at radius 2 is 1.42 bits per heavy atom. The van der Waals surface area contributed by atoms with Crippen LogP contribution in [0.2, 0.25) is 10.0 Å². The first-order chi connectivity index (χ1) is 21.5. The monoisotopic (exact) mass is 655 g/mol. The minimum Gasteiger partial charge on any atom is -0.489 e. The summed E-state index contributed by atoms with van der Waals surface area (Å²) in [5, 5.41) is 1.26. The Kier molecular flexibility index (Phi) is 11.6. The Balaban J connectivity index is 0.00000400. The van der Waals surface area contributed by atoms with Gasteiger partial charge >= 0.3 is 0 Å². The van der Waals surface area contributed by atoms with Gasteiger partial charge in [0, 0.05) is 34.1 Å². The van der Waals surface area contributed by atoms with E-state index in [0.29, 0.717) is 34.5 Å². The summed E-state index contributed by atoms with van der Waals surface area (Å²) in [7, 11) is 0. The Labute approximate surface area is 284 Å². The molecule has 0 N–H and O–H groups in total. The van der Waals surface area contributed by atoms with E-state index in [4.69, 9.17) is 27.9 Å². The maximum atomic E-state index is 6.38. The van der Waals surface area contributed by atoms with E-state index in [1.807, 2.05) is 12.1 Å². The second kappa shape index (κ2) is 15.8. The van der Waals surface area contributed by atoms with Crippen molar-refractivity contribution in [2.45, 2.75) is 57.2 Å². The van der Waals surface area contributed by atoms with Crippen molar-refractivity contribution in [1.82, 2.24) is 4.90 Å². The van der Waals surface area contributed by atoms with Gasteiger partial charge < -0.3 is 4.74 Å². The van der Waals surface area contributed by atoms with Crippen molar-refractivity contribution >= 4 is 35.6 Å². The molecule has 2 atom stereocenters. The summed E-state index contributed by atoms with van der Waals surface area (Å²) in [6, 6.07) is 45.5. The van der Waals surface area contributed by atoms with Crippen LogP contribution < -0.4 is 4.74 Å². The lowest BCUT2D eigenvalue weighted by molar-refractivity contribution is 0.146. The molecule has 2 nitrogen and oxygen atoms in total. The zero-order chi connectivity index (χ0) is 30.3. The van der Waals surface area contributed by atoms with Gasteiger partial charge in [0.15, 0.2) is 0 Å². The average molecular weight is 657 g/mol. The highest BCUT2D eigenvalue weighted by Crippen LogP contribution is 2.38. The first-order valence-corrected chi connectivity index (χ1v) is 16.4. The minimum absolute atomic E-state index is 0. The maximum absolute atomic E-state index is 6.38. The van der Waals surface area contributed by atoms with Crippen LogP contribution in [0.25, 0.3) is 0 Å². The Hall–Kier alpha value is -3.27. The van der Waals surface area contributed by atoms with Gasteiger partial charge in [-0.15, -0.1) is 12.4 Å². The molecule has 232 valence electrons. The summed E-state index contributed by atoms with van der Waals surface area (Å²) in [5.74, 6) is 1.65. The lowest BCUT2D eigenvalue weighted by Gasteiger charge is -2.40. The molecule has 0 spiro atoms. The highest BCUT2D eigenvalue weighted by Gasteiger charge is 2.31. The lowest BCUT2D eigenvalue weighted by atomic mass is 9.79. The Morgan fingerprint density at radius 1 is 0.778 bits per heavy atom. The zero-order valence-electron chi connectivity index (χ0n) is 25.6. The van der Waals surface area contributed by atoms with E-state index >= 15 is 0 Å². The highest BCUT2D eigenvalue weighted by atomic mass is 35.5. The van der Waals surface area contributed by atoms with E-state index in [9.17, 15) is 0 Å². The van der Waals surface area contributed by atoms with Crippen LogP contribution in [0.3, 0.4) is 0 Å². The third kappa shape index (κ3) is 8.31. The molecule has 1 aliphatic carbocycles. The van der Waals surface area contributed by atoms with Crippen LogP contribution in [0.1, 0.15) is 65.0 Å². The van der Waals surface area contributed by atoms with Gasteiger partial charge in [0.1, 0.15) is 12.4 Å². The first kappa shape index (κ1) is 33.1. The number of benzene rings is 5. The van der Waals surface area contributed by atoms with Gasteiger partial charge in [0.25, 0.3) is 0 Å². The molecule has 45 heavy (non-hydrogen) atoms. The van der Waals surface area contributed by atoms with Crippen LogP contribution in [0.15, 0.2) is 127 Å². The summed E-state index contributed by atoms with van der Waals surface area (Å²) >= 11 is 12.4. The van der Waals surface area contributed by atoms with Crippen molar-refractivity contribution in [3.63, 3.8) is 0 Å². The number of halogens is 3. The van der Waals surface area contributed by atoms with Gasteiger partial charge in [-0.2, -0.15) is 0 Å². The molecular weight excluding hydrogens is 617 g/mol. The Morgan fingerprint density at radius 3 is 2.07 bits per heavy atom. The standard InChI is InChI=1S/C40H39Cl2NO.ClH/c1-29-37-21-20-36(44-28-34-17-19-35(41)26-39(34)42)25-33(37)18-22-40(29)43(27-30-11-5-2-6-12-30)24-23-38(31-13-7-3-8-14-31)32-15-9-4-10-16-32;/h2-17,19-21,25-26,29,38,40H,18,22-24,27-28H2,1H3;1H. The summed E-state index contributed by atoms with van der Waals surface area (Å²) in [6.45, 7) is 4.80. The van der Waals surface area contributed by atoms with Crippen LogP contribution in [-0.2, 0) is 19.6 Å². The molecule has 5 aromatic rings. The average Bonchev–Trinajstić information content (AvgIpc) is 3.06. The molecule has 0 heterocycles. The normalized spacial score (nSPS) is 15.8. The van der Waals surface area contributed by atoms with Crippen molar-refractivity contribution in [3.05, 3.63) is 171 Å². The highest BCUT2D eigenvalue weighted by molar-refractivity contribution is 6.35. The molecule has 0 saturated carbocycles. The van der Waals surface area contributed by atoms with Crippen LogP contribution in [0, 0.1) is 0 Å². The van der Waals surface area contributed by atoms with Gasteiger partial charge in [0.2, 0.25) is 0 Å². The minimum atomic E-state index is 0. The van der Waals surface area contributed by atoms with Crippen molar-refractivity contribution in [3.8, 4) is 5.75 Å². The SMILES string of the molecule is CC1c2ccc(OCc3ccc(Cl)cc3Cl)cc2CCC1N(CCC(c1ccccc1)c1ccccc1)Cc1ccccc1.Cl. The molecule has 0 aromatic heterocycles. The summed E-state index contributed by atoms with van der Waals surface area (Å²) < 4.78 is 6.18. The van der Waals surface area contributed by atoms with Gasteiger partial charge in [-0.25, -0.2) is 0 Å². The molecular formula is C40H40Cl3NO. The third-order valence-corrected chi connectivity index (χ3v) is 9.69. The molecule has 0 fully saturated rings. The molecule has 0 saturated heterocycles. The third-order valence-electron chi connectivity index (χ3n) is 9.11. The van der Waals surface area contributed by atoms with Crippen LogP contribution in [0.5, 0.6) is 5.75 Å². The second-order valence-electron chi connectivity index (χ2n) is 11.9. The zero-order valence-corrected chi connectivity index (χ0v) is 27.9. The fraction of sp³-hybridized carbons (Fsp3) is 0.250. The van der Waals surface area contributed by atoms with Gasteiger partial charge in [-0.1, -0.05) is 133 Å². The van der Waals surface area contributed by atoms with E-state index in [0.717, 1.165) is 43.7 Å². The summed E-state index contributed by atoms with van der Waals surface area (Å²) in [6.07, 6.45) is 3.22. The summed E-state index contributed by atoms with van der Waals surface area (Å²) in [5.41, 5.74) is 7.88. The number of ether oxygens (including phenoxy) is 1. The fourth-order valence-electron chi connectivity index (χ4n) is 6.76. The van der Waals surface area contributed by atoms with E-state index in [1.165, 1.54) is 27.8 Å². The predicted molar refractivity (Wildman–Crippen MR) is 191 cm³/mol. The number of hydrogen-bond donors (Lipinski definition) is 0. The first-order valence-electron chi connectivity index (χ1n) is 15.6. The molecule has 0 aliphatic heterocycles. The quantitative estimate of drug-likeness (QED) is 0.140. The van der Waals surface area contributed by atoms with Crippen molar-refractivity contribution in [2.75, 3.05) is 6.54 Å². The maximum Gasteiger partial charge on any atom is 0.120 e. The predicted octanol–water partition coefficient (Wildman–Crippen LogP) is 11.1. The van der Waals surface area contributed by atoms with Crippen molar-refractivity contribution in [1.29, 1.82) is 0 Å². The lowest BCUT2D eigenvalue weighted by Crippen LogP contribution is -2.42. The number of hydrogen-bond acceptors (Lipinski definition) is 2. The summed E-state index contributed by atoms with van der Waals surface area (Å²) in [4.78, 5) is 2.74. The van der Waals surface area contributed by atoms with E-state index < -0.39 is 0 Å². The molecule has 0 bridgehead atoms. The second-order valence-corrected chi connectivity index (χ2v) is 12.7. The Bertz CT molecular complexity index is 1610. The number of fused-ring (bicyclic) bond motifs is 1. The van der Waals surface area contributed by atoms with E-state index in [-0.39, 0.29) is 12.4 Å². The molecule has 1 aliphatic rings. The molecule has 0 amide bonds. The van der Waals surface area contributed by atoms with E-state index in [1.54, 1.807) is 6.07 Å². The smallest absolute Gasteiger partial charge is 0.120 e. The van der Waals surface area contributed by atoms with Crippen molar-refractivity contribution < 1.29 is 4.74 Å². The number of rotatable bonds is 11. The van der Waals surface area contributed by atoms with Gasteiger partial charge in [-0.3, -0.25) is 4.90 Å². The topological polar surface area (TPSA) is 12.5 Å². The fourth-order valence-corrected chi connectivity index (χ4v) is 7.23. The molecule has 5 heteroatoms. The van der Waals surface area contributed by atoms with Crippen LogP contribution >= 0.6 is 35.6 Å². The van der Waals surface area contributed by atoms with Gasteiger partial charge in [-0.05, 0) is 83.8 Å². The van der Waals surface area contributed by atoms with Crippen LogP contribution in [0.4, 0.5) is 0 Å². The molecule has 5 aromatic carbocycles. The number of nitrogens with zero attached hydrogens (tertiary/aromatic N) is 1. The van der Waals surface area contributed by atoms with Crippen molar-refractivity contribution in [2.24, 2.45) is 0 Å². The molecule has 6 rings (SSSR count). The number of aryl methyl sites for hydroxylation is 1. The molecule has 0 radical (unpaired) electrons. The molecule has 2 unspecified atom stereocenters.